The van der Waals surface area contributed by atoms with Crippen LogP contribution in [0.15, 0.2) is 53.0 Å². The normalized spacial score (nSPS) is 12.1. The molecule has 2 N–H and O–H groups in total. The number of hydrogen-bond acceptors (Lipinski definition) is 2. The molecule has 2 aromatic rings. The van der Waals surface area contributed by atoms with E-state index in [4.69, 9.17) is 5.11 Å². The van der Waals surface area contributed by atoms with E-state index in [9.17, 15) is 9.90 Å². The van der Waals surface area contributed by atoms with Crippen molar-refractivity contribution in [2.75, 3.05) is 0 Å². The van der Waals surface area contributed by atoms with E-state index in [1.54, 1.807) is 0 Å². The van der Waals surface area contributed by atoms with Gasteiger partial charge in [0.2, 0.25) is 0 Å². The van der Waals surface area contributed by atoms with E-state index < -0.39 is 11.9 Å². The highest BCUT2D eigenvalue weighted by Gasteiger charge is 2.18. The maximum absolute atomic E-state index is 11.5. The fraction of sp³-hybridized carbons (Fsp3) is 0.235. The van der Waals surface area contributed by atoms with Crippen molar-refractivity contribution >= 4 is 21.9 Å². The third kappa shape index (κ3) is 4.69. The lowest BCUT2D eigenvalue weighted by Gasteiger charge is -2.13. The molecule has 21 heavy (non-hydrogen) atoms. The number of aliphatic carboxylic acids is 1. The lowest BCUT2D eigenvalue weighted by atomic mass is 9.92. The molecule has 110 valence electrons. The molecule has 0 aliphatic carbocycles. The van der Waals surface area contributed by atoms with Crippen LogP contribution in [0.4, 0.5) is 0 Å². The van der Waals surface area contributed by atoms with Gasteiger partial charge in [0.1, 0.15) is 0 Å². The fourth-order valence-electron chi connectivity index (χ4n) is 2.26. The van der Waals surface area contributed by atoms with Gasteiger partial charge in [-0.15, -0.1) is 0 Å². The minimum absolute atomic E-state index is 0.000676. The second kappa shape index (κ2) is 7.38. The third-order valence-electron chi connectivity index (χ3n) is 3.41. The summed E-state index contributed by atoms with van der Waals surface area (Å²) in [7, 11) is 0. The molecule has 0 amide bonds. The molecule has 0 spiro atoms. The highest BCUT2D eigenvalue weighted by atomic mass is 79.9. The molecule has 2 rings (SSSR count). The van der Waals surface area contributed by atoms with E-state index in [2.05, 4.69) is 15.9 Å². The number of hydrogen-bond donors (Lipinski definition) is 2. The standard InChI is InChI=1S/C17H17BrO3/c18-16-3-1-2-14(10-16)9-15(17(20)21)8-12-4-6-13(11-19)7-5-12/h1-7,10,15,19H,8-9,11H2,(H,20,21). The van der Waals surface area contributed by atoms with Crippen molar-refractivity contribution in [3.63, 3.8) is 0 Å². The number of carboxylic acids is 1. The van der Waals surface area contributed by atoms with Crippen molar-refractivity contribution in [1.82, 2.24) is 0 Å². The van der Waals surface area contributed by atoms with Gasteiger partial charge in [0.15, 0.2) is 0 Å². The van der Waals surface area contributed by atoms with Gasteiger partial charge in [-0.05, 0) is 41.7 Å². The first-order valence-corrected chi connectivity index (χ1v) is 7.53. The first kappa shape index (κ1) is 15.7. The van der Waals surface area contributed by atoms with Crippen LogP contribution in [0.3, 0.4) is 0 Å². The lowest BCUT2D eigenvalue weighted by Crippen LogP contribution is -2.19. The molecule has 0 aliphatic rings. The van der Waals surface area contributed by atoms with Crippen LogP contribution in [-0.4, -0.2) is 16.2 Å². The second-order valence-electron chi connectivity index (χ2n) is 5.05. The topological polar surface area (TPSA) is 57.5 Å². The number of aliphatic hydroxyl groups excluding tert-OH is 1. The van der Waals surface area contributed by atoms with Crippen molar-refractivity contribution < 1.29 is 15.0 Å². The molecule has 2 aromatic carbocycles. The quantitative estimate of drug-likeness (QED) is 0.840. The molecule has 0 aromatic heterocycles. The Morgan fingerprint density at radius 3 is 2.19 bits per heavy atom. The van der Waals surface area contributed by atoms with Crippen LogP contribution in [0.2, 0.25) is 0 Å². The minimum atomic E-state index is -0.791. The smallest absolute Gasteiger partial charge is 0.307 e. The average Bonchev–Trinajstić information content (AvgIpc) is 2.47. The molecule has 4 heteroatoms. The number of carboxylic acid groups (broad SMARTS) is 1. The molecule has 0 aliphatic heterocycles. The van der Waals surface area contributed by atoms with Gasteiger partial charge in [0, 0.05) is 4.47 Å². The molecular weight excluding hydrogens is 332 g/mol. The Balaban J connectivity index is 2.10. The van der Waals surface area contributed by atoms with E-state index in [1.165, 1.54) is 0 Å². The molecule has 0 bridgehead atoms. The van der Waals surface area contributed by atoms with Gasteiger partial charge in [0.25, 0.3) is 0 Å². The number of aliphatic hydroxyl groups is 1. The van der Waals surface area contributed by atoms with Gasteiger partial charge >= 0.3 is 5.97 Å². The third-order valence-corrected chi connectivity index (χ3v) is 3.90. The van der Waals surface area contributed by atoms with Crippen molar-refractivity contribution in [1.29, 1.82) is 0 Å². The summed E-state index contributed by atoms with van der Waals surface area (Å²) in [6, 6.07) is 15.1. The average molecular weight is 349 g/mol. The maximum atomic E-state index is 11.5. The van der Waals surface area contributed by atoms with Crippen LogP contribution < -0.4 is 0 Å². The van der Waals surface area contributed by atoms with Crippen molar-refractivity contribution in [3.8, 4) is 0 Å². The maximum Gasteiger partial charge on any atom is 0.307 e. The summed E-state index contributed by atoms with van der Waals surface area (Å²) in [6.45, 7) is 0.000676. The second-order valence-corrected chi connectivity index (χ2v) is 5.96. The molecule has 0 saturated carbocycles. The summed E-state index contributed by atoms with van der Waals surface area (Å²) in [5.41, 5.74) is 2.80. The van der Waals surface area contributed by atoms with Gasteiger partial charge in [-0.25, -0.2) is 0 Å². The molecular formula is C17H17BrO3. The summed E-state index contributed by atoms with van der Waals surface area (Å²) in [5, 5.41) is 18.4. The summed E-state index contributed by atoms with van der Waals surface area (Å²) in [4.78, 5) is 11.5. The van der Waals surface area contributed by atoms with Crippen LogP contribution in [0, 0.1) is 5.92 Å². The van der Waals surface area contributed by atoms with Gasteiger partial charge < -0.3 is 10.2 Å². The number of halogens is 1. The summed E-state index contributed by atoms with van der Waals surface area (Å²) in [5.74, 6) is -1.25. The van der Waals surface area contributed by atoms with E-state index >= 15 is 0 Å². The number of rotatable bonds is 6. The zero-order valence-corrected chi connectivity index (χ0v) is 13.1. The van der Waals surface area contributed by atoms with Gasteiger partial charge in [-0.2, -0.15) is 0 Å². The predicted molar refractivity (Wildman–Crippen MR) is 85.0 cm³/mol. The first-order valence-electron chi connectivity index (χ1n) is 6.74. The molecule has 0 fully saturated rings. The monoisotopic (exact) mass is 348 g/mol. The summed E-state index contributed by atoms with van der Waals surface area (Å²) < 4.78 is 0.955. The Hall–Kier alpha value is -1.65. The Bertz CT molecular complexity index is 608. The van der Waals surface area contributed by atoms with Crippen LogP contribution in [-0.2, 0) is 24.2 Å². The van der Waals surface area contributed by atoms with E-state index in [-0.39, 0.29) is 6.61 Å². The highest BCUT2D eigenvalue weighted by molar-refractivity contribution is 9.10. The Morgan fingerprint density at radius 2 is 1.62 bits per heavy atom. The SMILES string of the molecule is O=C(O)C(Cc1ccc(CO)cc1)Cc1cccc(Br)c1. The van der Waals surface area contributed by atoms with Gasteiger partial charge in [-0.3, -0.25) is 4.79 Å². The first-order chi connectivity index (χ1) is 10.1. The van der Waals surface area contributed by atoms with Crippen LogP contribution in [0.5, 0.6) is 0 Å². The van der Waals surface area contributed by atoms with Crippen molar-refractivity contribution in [2.45, 2.75) is 19.4 Å². The molecule has 0 radical (unpaired) electrons. The molecule has 0 heterocycles. The van der Waals surface area contributed by atoms with Crippen LogP contribution in [0.25, 0.3) is 0 Å². The van der Waals surface area contributed by atoms with Crippen LogP contribution >= 0.6 is 15.9 Å². The Morgan fingerprint density at radius 1 is 1.00 bits per heavy atom. The van der Waals surface area contributed by atoms with E-state index in [0.717, 1.165) is 21.2 Å². The molecule has 3 nitrogen and oxygen atoms in total. The van der Waals surface area contributed by atoms with Gasteiger partial charge in [0.05, 0.1) is 12.5 Å². The summed E-state index contributed by atoms with van der Waals surface area (Å²) in [6.07, 6.45) is 0.976. The largest absolute Gasteiger partial charge is 0.481 e. The minimum Gasteiger partial charge on any atom is -0.481 e. The van der Waals surface area contributed by atoms with Crippen molar-refractivity contribution in [3.05, 3.63) is 69.7 Å². The van der Waals surface area contributed by atoms with E-state index in [0.29, 0.717) is 12.8 Å². The zero-order chi connectivity index (χ0) is 15.2. The Kier molecular flexibility index (Phi) is 5.53. The van der Waals surface area contributed by atoms with Crippen molar-refractivity contribution in [2.24, 2.45) is 5.92 Å². The Labute approximate surface area is 132 Å². The zero-order valence-electron chi connectivity index (χ0n) is 11.5. The van der Waals surface area contributed by atoms with Crippen LogP contribution in [0.1, 0.15) is 16.7 Å². The molecule has 0 saturated heterocycles. The number of benzene rings is 2. The fourth-order valence-corrected chi connectivity index (χ4v) is 2.71. The van der Waals surface area contributed by atoms with E-state index in [1.807, 2.05) is 48.5 Å². The molecule has 1 atom stereocenters. The summed E-state index contributed by atoms with van der Waals surface area (Å²) >= 11 is 3.40. The van der Waals surface area contributed by atoms with Gasteiger partial charge in [-0.1, -0.05) is 52.3 Å². The predicted octanol–water partition coefficient (Wildman–Crippen LogP) is 3.43. The highest BCUT2D eigenvalue weighted by Crippen LogP contribution is 2.19. The lowest BCUT2D eigenvalue weighted by molar-refractivity contribution is -0.141. The molecule has 1 unspecified atom stereocenters. The number of carbonyl (C=O) groups is 1.